The summed E-state index contributed by atoms with van der Waals surface area (Å²) in [7, 11) is 0. The summed E-state index contributed by atoms with van der Waals surface area (Å²) in [5, 5.41) is 0. The molecule has 134 valence electrons. The first-order chi connectivity index (χ1) is 11.3. The third kappa shape index (κ3) is 7.02. The molecule has 5 heteroatoms. The molecule has 0 radical (unpaired) electrons. The van der Waals surface area contributed by atoms with Crippen molar-refractivity contribution in [2.75, 3.05) is 19.7 Å². The van der Waals surface area contributed by atoms with Crippen LogP contribution in [0.1, 0.15) is 51.4 Å². The number of rotatable bonds is 9. The zero-order valence-electron chi connectivity index (χ0n) is 15.4. The Kier molecular flexibility index (Phi) is 8.30. The Bertz CT molecular complexity index is 523. The van der Waals surface area contributed by atoms with E-state index in [1.165, 1.54) is 0 Å². The molecule has 1 amide bonds. The van der Waals surface area contributed by atoms with Crippen LogP contribution < -0.4 is 4.74 Å². The van der Waals surface area contributed by atoms with Gasteiger partial charge in [-0.1, -0.05) is 13.8 Å². The van der Waals surface area contributed by atoms with E-state index in [1.807, 2.05) is 27.7 Å². The molecule has 0 spiro atoms. The smallest absolute Gasteiger partial charge is 0.307 e. The van der Waals surface area contributed by atoms with Crippen molar-refractivity contribution in [3.05, 3.63) is 29.8 Å². The fourth-order valence-electron chi connectivity index (χ4n) is 2.31. The predicted octanol–water partition coefficient (Wildman–Crippen LogP) is 3.53. The van der Waals surface area contributed by atoms with Gasteiger partial charge in [0.2, 0.25) is 0 Å². The summed E-state index contributed by atoms with van der Waals surface area (Å²) < 4.78 is 10.5. The number of benzene rings is 1. The van der Waals surface area contributed by atoms with Gasteiger partial charge >= 0.3 is 5.97 Å². The van der Waals surface area contributed by atoms with E-state index in [1.54, 1.807) is 36.1 Å². The number of amides is 1. The van der Waals surface area contributed by atoms with Crippen molar-refractivity contribution >= 4 is 11.9 Å². The topological polar surface area (TPSA) is 55.8 Å². The van der Waals surface area contributed by atoms with Gasteiger partial charge in [-0.2, -0.15) is 0 Å². The van der Waals surface area contributed by atoms with Crippen LogP contribution in [0.15, 0.2) is 24.3 Å². The molecule has 0 aliphatic heterocycles. The molecule has 0 fully saturated rings. The summed E-state index contributed by atoms with van der Waals surface area (Å²) in [5.41, 5.74) is 0.593. The minimum absolute atomic E-state index is 0.0795. The van der Waals surface area contributed by atoms with Crippen LogP contribution in [0.3, 0.4) is 0 Å². The number of esters is 1. The maximum atomic E-state index is 12.7. The van der Waals surface area contributed by atoms with E-state index in [2.05, 4.69) is 0 Å². The largest absolute Gasteiger partial charge is 0.491 e. The second-order valence-electron chi connectivity index (χ2n) is 6.39. The number of nitrogens with zero attached hydrogens (tertiary/aromatic N) is 1. The Morgan fingerprint density at radius 1 is 1.08 bits per heavy atom. The highest BCUT2D eigenvalue weighted by Crippen LogP contribution is 2.16. The number of ether oxygens (including phenoxy) is 2. The monoisotopic (exact) mass is 335 g/mol. The summed E-state index contributed by atoms with van der Waals surface area (Å²) in [6.45, 7) is 11.1. The molecule has 0 heterocycles. The maximum Gasteiger partial charge on any atom is 0.307 e. The van der Waals surface area contributed by atoms with Crippen LogP contribution in [0.25, 0.3) is 0 Å². The first-order valence-corrected chi connectivity index (χ1v) is 8.55. The lowest BCUT2D eigenvalue weighted by Gasteiger charge is -2.24. The third-order valence-corrected chi connectivity index (χ3v) is 3.24. The maximum absolute atomic E-state index is 12.7. The summed E-state index contributed by atoms with van der Waals surface area (Å²) in [6.07, 6.45) is 0.300. The van der Waals surface area contributed by atoms with Crippen molar-refractivity contribution in [2.24, 2.45) is 5.92 Å². The molecule has 0 aromatic heterocycles. The van der Waals surface area contributed by atoms with Gasteiger partial charge in [-0.25, -0.2) is 0 Å². The molecule has 0 saturated heterocycles. The Hall–Kier alpha value is -2.04. The highest BCUT2D eigenvalue weighted by atomic mass is 16.5. The summed E-state index contributed by atoms with van der Waals surface area (Å²) >= 11 is 0. The number of carbonyl (C=O) groups is 2. The summed E-state index contributed by atoms with van der Waals surface area (Å²) in [4.78, 5) is 26.0. The molecular formula is C19H29NO4. The van der Waals surface area contributed by atoms with Gasteiger partial charge in [0.15, 0.2) is 0 Å². The predicted molar refractivity (Wildman–Crippen MR) is 94.2 cm³/mol. The lowest BCUT2D eigenvalue weighted by atomic mass is 10.1. The highest BCUT2D eigenvalue weighted by molar-refractivity contribution is 5.94. The van der Waals surface area contributed by atoms with Crippen molar-refractivity contribution in [3.63, 3.8) is 0 Å². The normalized spacial score (nSPS) is 10.8. The third-order valence-electron chi connectivity index (χ3n) is 3.24. The molecule has 0 unspecified atom stereocenters. The van der Waals surface area contributed by atoms with E-state index in [-0.39, 0.29) is 24.4 Å². The molecule has 24 heavy (non-hydrogen) atoms. The molecule has 0 bridgehead atoms. The summed E-state index contributed by atoms with van der Waals surface area (Å²) in [6, 6.07) is 7.12. The standard InChI is InChI=1S/C19H29NO4/c1-6-23-18(21)11-12-20(13-14(2)3)19(22)16-7-9-17(10-8-16)24-15(4)5/h7-10,14-15H,6,11-13H2,1-5H3. The van der Waals surface area contributed by atoms with Gasteiger partial charge in [0.05, 0.1) is 19.1 Å². The fraction of sp³-hybridized carbons (Fsp3) is 0.579. The molecule has 0 saturated carbocycles. The van der Waals surface area contributed by atoms with Crippen molar-refractivity contribution in [1.29, 1.82) is 0 Å². The molecule has 0 N–H and O–H groups in total. The van der Waals surface area contributed by atoms with Crippen LogP contribution in [0.4, 0.5) is 0 Å². The van der Waals surface area contributed by atoms with Gasteiger partial charge in [0.1, 0.15) is 5.75 Å². The van der Waals surface area contributed by atoms with Crippen LogP contribution in [-0.4, -0.2) is 42.6 Å². The van der Waals surface area contributed by atoms with E-state index in [0.29, 0.717) is 31.2 Å². The van der Waals surface area contributed by atoms with E-state index in [4.69, 9.17) is 9.47 Å². The van der Waals surface area contributed by atoms with Crippen LogP contribution in [-0.2, 0) is 9.53 Å². The Labute approximate surface area is 144 Å². The van der Waals surface area contributed by atoms with E-state index in [0.717, 1.165) is 5.75 Å². The van der Waals surface area contributed by atoms with Gasteiger partial charge in [-0.15, -0.1) is 0 Å². The summed E-state index contributed by atoms with van der Waals surface area (Å²) in [5.74, 6) is 0.701. The SMILES string of the molecule is CCOC(=O)CCN(CC(C)C)C(=O)c1ccc(OC(C)C)cc1. The zero-order valence-corrected chi connectivity index (χ0v) is 15.4. The minimum atomic E-state index is -0.278. The number of hydrogen-bond donors (Lipinski definition) is 0. The number of hydrogen-bond acceptors (Lipinski definition) is 4. The Morgan fingerprint density at radius 2 is 1.71 bits per heavy atom. The lowest BCUT2D eigenvalue weighted by molar-refractivity contribution is -0.143. The molecule has 5 nitrogen and oxygen atoms in total. The molecule has 0 aliphatic rings. The van der Waals surface area contributed by atoms with Gasteiger partial charge in [0, 0.05) is 18.7 Å². The zero-order chi connectivity index (χ0) is 18.1. The Morgan fingerprint density at radius 3 is 2.21 bits per heavy atom. The van der Waals surface area contributed by atoms with Crippen molar-refractivity contribution < 1.29 is 19.1 Å². The van der Waals surface area contributed by atoms with Gasteiger partial charge in [-0.3, -0.25) is 9.59 Å². The second kappa shape index (κ2) is 9.96. The van der Waals surface area contributed by atoms with Crippen LogP contribution in [0.5, 0.6) is 5.75 Å². The van der Waals surface area contributed by atoms with Crippen LogP contribution in [0.2, 0.25) is 0 Å². The first-order valence-electron chi connectivity index (χ1n) is 8.55. The minimum Gasteiger partial charge on any atom is -0.491 e. The van der Waals surface area contributed by atoms with Gasteiger partial charge < -0.3 is 14.4 Å². The molecule has 1 rings (SSSR count). The molecular weight excluding hydrogens is 306 g/mol. The van der Waals surface area contributed by atoms with Crippen LogP contribution in [0, 0.1) is 5.92 Å². The average molecular weight is 335 g/mol. The van der Waals surface area contributed by atoms with E-state index in [9.17, 15) is 9.59 Å². The average Bonchev–Trinajstić information content (AvgIpc) is 2.51. The quantitative estimate of drug-likeness (QED) is 0.648. The second-order valence-corrected chi connectivity index (χ2v) is 6.39. The van der Waals surface area contributed by atoms with Crippen molar-refractivity contribution in [1.82, 2.24) is 4.90 Å². The fourth-order valence-corrected chi connectivity index (χ4v) is 2.31. The number of carbonyl (C=O) groups excluding carboxylic acids is 2. The Balaban J connectivity index is 2.77. The van der Waals surface area contributed by atoms with Crippen molar-refractivity contribution in [3.8, 4) is 5.75 Å². The molecule has 1 aromatic rings. The van der Waals surface area contributed by atoms with Crippen LogP contribution >= 0.6 is 0 Å². The molecule has 1 aromatic carbocycles. The molecule has 0 aliphatic carbocycles. The highest BCUT2D eigenvalue weighted by Gasteiger charge is 2.18. The van der Waals surface area contributed by atoms with Gasteiger partial charge in [-0.05, 0) is 51.0 Å². The van der Waals surface area contributed by atoms with E-state index < -0.39 is 0 Å². The lowest BCUT2D eigenvalue weighted by Crippen LogP contribution is -2.36. The van der Waals surface area contributed by atoms with Gasteiger partial charge in [0.25, 0.3) is 5.91 Å². The van der Waals surface area contributed by atoms with Crippen molar-refractivity contribution in [2.45, 2.75) is 47.1 Å². The van der Waals surface area contributed by atoms with E-state index >= 15 is 0 Å². The first kappa shape index (κ1) is 20.0. The molecule has 0 atom stereocenters.